The molecule has 4 atom stereocenters. The molecule has 2 aromatic heterocycles. The predicted octanol–water partition coefficient (Wildman–Crippen LogP) is 8.47. The van der Waals surface area contributed by atoms with Gasteiger partial charge in [0, 0.05) is 3.57 Å². The quantitative estimate of drug-likeness (QED) is 0.169. The van der Waals surface area contributed by atoms with E-state index in [4.69, 9.17) is 28.7 Å². The van der Waals surface area contributed by atoms with Crippen LogP contribution in [-0.2, 0) is 18.0 Å². The van der Waals surface area contributed by atoms with E-state index in [0.717, 1.165) is 3.57 Å². The average Bonchev–Trinajstić information content (AvgIpc) is 3.47. The van der Waals surface area contributed by atoms with Gasteiger partial charge in [0.15, 0.2) is 42.3 Å². The van der Waals surface area contributed by atoms with Gasteiger partial charge in [-0.1, -0.05) is 62.3 Å². The largest absolute Gasteiger partial charge is 0.414 e. The van der Waals surface area contributed by atoms with Crippen molar-refractivity contribution < 1.29 is 18.0 Å². The number of imidazole rings is 1. The smallest absolute Gasteiger partial charge is 0.287 e. The van der Waals surface area contributed by atoms with Crippen LogP contribution in [-0.4, -0.2) is 69.0 Å². The third-order valence-electron chi connectivity index (χ3n) is 11.2. The first-order valence-electron chi connectivity index (χ1n) is 16.8. The molecule has 0 aliphatic carbocycles. The summed E-state index contributed by atoms with van der Waals surface area (Å²) in [7, 11) is -6.83. The van der Waals surface area contributed by atoms with E-state index in [1.165, 1.54) is 4.57 Å². The third kappa shape index (κ3) is 7.75. The summed E-state index contributed by atoms with van der Waals surface area (Å²) < 4.78 is 32.6. The van der Waals surface area contributed by atoms with Crippen LogP contribution in [0, 0.1) is 3.57 Å². The fourth-order valence-electron chi connectivity index (χ4n) is 4.89. The van der Waals surface area contributed by atoms with Crippen molar-refractivity contribution in [3.05, 3.63) is 44.5 Å². The number of halogens is 1. The molecule has 0 bridgehead atoms. The molecule has 1 aliphatic rings. The first-order chi connectivity index (χ1) is 21.7. The minimum Gasteiger partial charge on any atom is -0.414 e. The molecule has 0 radical (unpaired) electrons. The van der Waals surface area contributed by atoms with Gasteiger partial charge in [0.2, 0.25) is 5.95 Å². The highest BCUT2D eigenvalue weighted by molar-refractivity contribution is 14.1. The van der Waals surface area contributed by atoms with E-state index in [2.05, 4.69) is 129 Å². The number of ether oxygens (including phenoxy) is 1. The molecule has 14 heteroatoms. The number of aromatic nitrogens is 4. The Morgan fingerprint density at radius 2 is 1.33 bits per heavy atom. The number of benzene rings is 1. The Balaban J connectivity index is 1.89. The Morgan fingerprint density at radius 3 is 1.83 bits per heavy atom. The molecule has 3 aromatic rings. The second-order valence-electron chi connectivity index (χ2n) is 17.7. The fraction of sp³-hybridized carbons (Fsp3) is 0.676. The molecule has 0 spiro atoms. The molecule has 2 N–H and O–H groups in total. The van der Waals surface area contributed by atoms with Gasteiger partial charge in [0.1, 0.15) is 18.3 Å². The van der Waals surface area contributed by atoms with Crippen LogP contribution in [0.25, 0.3) is 16.9 Å². The van der Waals surface area contributed by atoms with Gasteiger partial charge in [-0.05, 0) is 101 Å². The maximum atomic E-state index is 13.9. The van der Waals surface area contributed by atoms with Crippen molar-refractivity contribution in [3.63, 3.8) is 0 Å². The lowest BCUT2D eigenvalue weighted by Gasteiger charge is -2.44. The molecule has 268 valence electrons. The van der Waals surface area contributed by atoms with Gasteiger partial charge in [-0.15, -0.1) is 0 Å². The SMILES string of the molecule is CC(C)(C)[Si](C)(C)OC[C@H]1O[C@@H](n2cnc3c(=O)n(-c4ccc(I)cc4)c(N)nc32)[C@H](O[Si](C)(C)C(C)(C)C)[C@@H]1O[Si](C)(C)C(C)(C)C. The molecular formula is C34H58IN5O5Si3. The summed E-state index contributed by atoms with van der Waals surface area (Å²) in [6.45, 7) is 34.0. The van der Waals surface area contributed by atoms with Crippen LogP contribution < -0.4 is 11.3 Å². The Kier molecular flexibility index (Phi) is 10.9. The molecule has 0 amide bonds. The molecule has 1 saturated heterocycles. The van der Waals surface area contributed by atoms with Gasteiger partial charge in [0.05, 0.1) is 18.6 Å². The number of hydrogen-bond donors (Lipinski definition) is 1. The molecule has 0 unspecified atom stereocenters. The lowest BCUT2D eigenvalue weighted by atomic mass is 10.1. The Bertz CT molecular complexity index is 1670. The Morgan fingerprint density at radius 1 is 0.833 bits per heavy atom. The van der Waals surface area contributed by atoms with E-state index >= 15 is 0 Å². The molecule has 4 rings (SSSR count). The molecular weight excluding hydrogens is 770 g/mol. The molecule has 0 saturated carbocycles. The lowest BCUT2D eigenvalue weighted by molar-refractivity contribution is -0.0470. The van der Waals surface area contributed by atoms with E-state index in [0.29, 0.717) is 17.9 Å². The summed E-state index contributed by atoms with van der Waals surface area (Å²) in [5.74, 6) is 0.0715. The Labute approximate surface area is 304 Å². The highest BCUT2D eigenvalue weighted by atomic mass is 127. The molecule has 48 heavy (non-hydrogen) atoms. The first-order valence-corrected chi connectivity index (χ1v) is 26.6. The van der Waals surface area contributed by atoms with E-state index in [1.54, 1.807) is 6.33 Å². The van der Waals surface area contributed by atoms with E-state index in [9.17, 15) is 4.79 Å². The number of nitrogens with two attached hydrogens (primary N) is 1. The van der Waals surface area contributed by atoms with Crippen molar-refractivity contribution in [2.75, 3.05) is 12.3 Å². The number of anilines is 1. The predicted molar refractivity (Wildman–Crippen MR) is 211 cm³/mol. The lowest BCUT2D eigenvalue weighted by Crippen LogP contribution is -2.54. The van der Waals surface area contributed by atoms with E-state index < -0.39 is 49.5 Å². The minimum absolute atomic E-state index is 0.0246. The topological polar surface area (TPSA) is 116 Å². The highest BCUT2D eigenvalue weighted by Crippen LogP contribution is 2.47. The number of hydrogen-bond acceptors (Lipinski definition) is 8. The van der Waals surface area contributed by atoms with E-state index in [-0.39, 0.29) is 32.1 Å². The van der Waals surface area contributed by atoms with Gasteiger partial charge in [-0.2, -0.15) is 4.98 Å². The van der Waals surface area contributed by atoms with Crippen LogP contribution in [0.1, 0.15) is 68.5 Å². The highest BCUT2D eigenvalue weighted by Gasteiger charge is 2.55. The molecule has 1 aromatic carbocycles. The van der Waals surface area contributed by atoms with Crippen molar-refractivity contribution >= 4 is 64.7 Å². The monoisotopic (exact) mass is 827 g/mol. The van der Waals surface area contributed by atoms with Crippen LogP contribution in [0.3, 0.4) is 0 Å². The van der Waals surface area contributed by atoms with Crippen LogP contribution in [0.2, 0.25) is 54.4 Å². The summed E-state index contributed by atoms with van der Waals surface area (Å²) in [5.41, 5.74) is 7.35. The van der Waals surface area contributed by atoms with Gasteiger partial charge < -0.3 is 23.7 Å². The maximum absolute atomic E-state index is 13.9. The van der Waals surface area contributed by atoms with Crippen LogP contribution >= 0.6 is 22.6 Å². The van der Waals surface area contributed by atoms with Gasteiger partial charge in [-0.25, -0.2) is 9.55 Å². The second kappa shape index (κ2) is 13.3. The maximum Gasteiger partial charge on any atom is 0.287 e. The molecule has 10 nitrogen and oxygen atoms in total. The van der Waals surface area contributed by atoms with Crippen LogP contribution in [0.15, 0.2) is 35.4 Å². The molecule has 3 heterocycles. The van der Waals surface area contributed by atoms with Gasteiger partial charge >= 0.3 is 0 Å². The summed E-state index contributed by atoms with van der Waals surface area (Å²) in [5, 5.41) is -0.0950. The summed E-state index contributed by atoms with van der Waals surface area (Å²) >= 11 is 2.23. The van der Waals surface area contributed by atoms with Crippen molar-refractivity contribution in [1.82, 2.24) is 19.1 Å². The average molecular weight is 828 g/mol. The van der Waals surface area contributed by atoms with Crippen molar-refractivity contribution in [3.8, 4) is 5.69 Å². The summed E-state index contributed by atoms with van der Waals surface area (Å²) in [6.07, 6.45) is -0.393. The second-order valence-corrected chi connectivity index (χ2v) is 33.3. The van der Waals surface area contributed by atoms with Crippen molar-refractivity contribution in [2.45, 2.75) is 141 Å². The molecule has 1 fully saturated rings. The molecule has 1 aliphatic heterocycles. The fourth-order valence-corrected chi connectivity index (χ4v) is 8.86. The number of nitrogens with zero attached hydrogens (tertiary/aromatic N) is 4. The van der Waals surface area contributed by atoms with Crippen LogP contribution in [0.5, 0.6) is 0 Å². The van der Waals surface area contributed by atoms with Gasteiger partial charge in [0.25, 0.3) is 5.56 Å². The number of nitrogen functional groups attached to an aromatic ring is 1. The minimum atomic E-state index is -2.38. The van der Waals surface area contributed by atoms with Crippen molar-refractivity contribution in [2.24, 2.45) is 0 Å². The zero-order valence-electron chi connectivity index (χ0n) is 31.7. The first kappa shape index (κ1) is 39.4. The third-order valence-corrected chi connectivity index (χ3v) is 25.3. The zero-order valence-corrected chi connectivity index (χ0v) is 36.8. The normalized spacial score (nSPS) is 21.8. The van der Waals surface area contributed by atoms with Crippen LogP contribution in [0.4, 0.5) is 5.95 Å². The van der Waals surface area contributed by atoms with Crippen molar-refractivity contribution in [1.29, 1.82) is 0 Å². The zero-order chi connectivity index (χ0) is 36.4. The number of fused-ring (bicyclic) bond motifs is 1. The summed E-state index contributed by atoms with van der Waals surface area (Å²) in [4.78, 5) is 23.3. The summed E-state index contributed by atoms with van der Waals surface area (Å²) in [6, 6.07) is 7.55. The number of rotatable bonds is 9. The standard InChI is InChI=1S/C34H58IN5O5Si3/c1-32(2,3)46(10,11)42-20-24-26(44-47(12,13)33(4,5)6)27(45-48(14,15)34(7,8)9)30(43-24)39-21-37-25-28(39)38-31(36)40(29(25)41)23-18-16-22(35)17-19-23/h16-19,21,24,26-27,30H,20H2,1-15H3,(H2,36,38)/t24-,26-,27-,30-/m1/s1. The van der Waals surface area contributed by atoms with Gasteiger partial charge in [-0.3, -0.25) is 9.36 Å². The van der Waals surface area contributed by atoms with E-state index in [1.807, 2.05) is 28.8 Å². The Hall–Kier alpha value is -1.41.